The number of carbonyl (C=O) groups is 1. The minimum atomic E-state index is -0.614. The molecule has 1 fully saturated rings. The number of nitro groups is 1. The first-order valence-corrected chi connectivity index (χ1v) is 7.03. The maximum atomic E-state index is 12.3. The molecule has 0 N–H and O–H groups in total. The summed E-state index contributed by atoms with van der Waals surface area (Å²) in [7, 11) is 0. The summed E-state index contributed by atoms with van der Waals surface area (Å²) in [5.41, 5.74) is -0.278. The van der Waals surface area contributed by atoms with Crippen LogP contribution in [0.4, 0.5) is 16.2 Å². The quantitative estimate of drug-likeness (QED) is 0.620. The van der Waals surface area contributed by atoms with E-state index in [1.165, 1.54) is 23.1 Å². The zero-order valence-corrected chi connectivity index (χ0v) is 12.9. The van der Waals surface area contributed by atoms with Gasteiger partial charge < -0.3 is 4.74 Å². The first-order valence-electron chi connectivity index (χ1n) is 6.65. The van der Waals surface area contributed by atoms with Crippen molar-refractivity contribution in [1.82, 2.24) is 0 Å². The van der Waals surface area contributed by atoms with Gasteiger partial charge in [0.25, 0.3) is 5.69 Å². The number of amides is 1. The Morgan fingerprint density at radius 1 is 1.43 bits per heavy atom. The molecule has 1 aromatic rings. The summed E-state index contributed by atoms with van der Waals surface area (Å²) in [5.74, 6) is 0. The lowest BCUT2D eigenvalue weighted by molar-refractivity contribution is -0.384. The summed E-state index contributed by atoms with van der Waals surface area (Å²) in [4.78, 5) is 24.0. The van der Waals surface area contributed by atoms with Gasteiger partial charge in [-0.3, -0.25) is 15.0 Å². The van der Waals surface area contributed by atoms with Gasteiger partial charge in [0.05, 0.1) is 15.6 Å². The summed E-state index contributed by atoms with van der Waals surface area (Å²) < 4.78 is 5.38. The van der Waals surface area contributed by atoms with Crippen molar-refractivity contribution < 1.29 is 14.5 Å². The fourth-order valence-electron chi connectivity index (χ4n) is 1.89. The van der Waals surface area contributed by atoms with Gasteiger partial charge in [0.15, 0.2) is 0 Å². The van der Waals surface area contributed by atoms with E-state index in [-0.39, 0.29) is 16.8 Å². The van der Waals surface area contributed by atoms with Gasteiger partial charge in [-0.2, -0.15) is 0 Å². The Morgan fingerprint density at radius 2 is 2.05 bits per heavy atom. The van der Waals surface area contributed by atoms with Crippen LogP contribution in [0.25, 0.3) is 0 Å². The molecule has 1 saturated carbocycles. The SMILES string of the molecule is CC(C)(C)OC(=O)N(c1ccc([N+](=O)[O-])cc1Cl)C1CC1. The lowest BCUT2D eigenvalue weighted by Gasteiger charge is -2.28. The lowest BCUT2D eigenvalue weighted by atomic mass is 10.2. The molecule has 2 rings (SSSR count). The molecule has 0 atom stereocenters. The van der Waals surface area contributed by atoms with E-state index in [9.17, 15) is 14.9 Å². The maximum Gasteiger partial charge on any atom is 0.415 e. The Balaban J connectivity index is 2.31. The Kier molecular flexibility index (Phi) is 4.09. The van der Waals surface area contributed by atoms with Crippen molar-refractivity contribution in [2.75, 3.05) is 4.90 Å². The molecule has 114 valence electrons. The highest BCUT2D eigenvalue weighted by Crippen LogP contribution is 2.38. The number of ether oxygens (including phenoxy) is 1. The van der Waals surface area contributed by atoms with E-state index >= 15 is 0 Å². The van der Waals surface area contributed by atoms with Crippen LogP contribution in [0.15, 0.2) is 18.2 Å². The van der Waals surface area contributed by atoms with E-state index in [0.29, 0.717) is 5.69 Å². The van der Waals surface area contributed by atoms with Crippen LogP contribution in [-0.4, -0.2) is 22.7 Å². The Bertz CT molecular complexity index is 579. The molecule has 0 saturated heterocycles. The van der Waals surface area contributed by atoms with Gasteiger partial charge in [0, 0.05) is 18.2 Å². The molecule has 7 heteroatoms. The first kappa shape index (κ1) is 15.6. The predicted molar refractivity (Wildman–Crippen MR) is 79.8 cm³/mol. The summed E-state index contributed by atoms with van der Waals surface area (Å²) in [6.45, 7) is 5.36. The minimum Gasteiger partial charge on any atom is -0.443 e. The van der Waals surface area contributed by atoms with Crippen LogP contribution in [0.1, 0.15) is 33.6 Å². The van der Waals surface area contributed by atoms with Gasteiger partial charge in [-0.25, -0.2) is 4.79 Å². The fourth-order valence-corrected chi connectivity index (χ4v) is 2.16. The molecule has 1 aromatic carbocycles. The van der Waals surface area contributed by atoms with E-state index in [2.05, 4.69) is 0 Å². The molecular formula is C14H17ClN2O4. The third kappa shape index (κ3) is 3.85. The first-order chi connectivity index (χ1) is 9.69. The number of nitrogens with zero attached hydrogens (tertiary/aromatic N) is 2. The van der Waals surface area contributed by atoms with Crippen molar-refractivity contribution in [3.63, 3.8) is 0 Å². The number of hydrogen-bond acceptors (Lipinski definition) is 4. The third-order valence-electron chi connectivity index (χ3n) is 2.90. The fraction of sp³-hybridized carbons (Fsp3) is 0.500. The molecule has 1 aliphatic rings. The number of nitro benzene ring substituents is 1. The predicted octanol–water partition coefficient (Wildman–Crippen LogP) is 4.15. The van der Waals surface area contributed by atoms with Gasteiger partial charge in [-0.15, -0.1) is 0 Å². The van der Waals surface area contributed by atoms with Crippen molar-refractivity contribution in [2.24, 2.45) is 0 Å². The monoisotopic (exact) mass is 312 g/mol. The maximum absolute atomic E-state index is 12.3. The van der Waals surface area contributed by atoms with E-state index < -0.39 is 16.6 Å². The summed E-state index contributed by atoms with van der Waals surface area (Å²) in [5, 5.41) is 10.9. The standard InChI is InChI=1S/C14H17ClN2O4/c1-14(2,3)21-13(18)16(9-4-5-9)12-7-6-10(17(19)20)8-11(12)15/h6-9H,4-5H2,1-3H3. The van der Waals surface area contributed by atoms with Crippen LogP contribution >= 0.6 is 11.6 Å². The lowest BCUT2D eigenvalue weighted by Crippen LogP contribution is -2.38. The number of benzene rings is 1. The van der Waals surface area contributed by atoms with Gasteiger partial charge in [-0.1, -0.05) is 11.6 Å². The smallest absolute Gasteiger partial charge is 0.415 e. The summed E-state index contributed by atoms with van der Waals surface area (Å²) in [6.07, 6.45) is 1.25. The molecule has 21 heavy (non-hydrogen) atoms. The highest BCUT2D eigenvalue weighted by atomic mass is 35.5. The zero-order chi connectivity index (χ0) is 15.8. The molecular weight excluding hydrogens is 296 g/mol. The molecule has 1 aliphatic carbocycles. The van der Waals surface area contributed by atoms with Crippen LogP contribution in [-0.2, 0) is 4.74 Å². The average Bonchev–Trinajstić information content (AvgIpc) is 3.13. The second-order valence-electron chi connectivity index (χ2n) is 5.97. The number of carbonyl (C=O) groups excluding carboxylic acids is 1. The zero-order valence-electron chi connectivity index (χ0n) is 12.1. The number of anilines is 1. The van der Waals surface area contributed by atoms with Crippen molar-refractivity contribution in [2.45, 2.75) is 45.3 Å². The summed E-state index contributed by atoms with van der Waals surface area (Å²) >= 11 is 6.10. The highest BCUT2D eigenvalue weighted by molar-refractivity contribution is 6.34. The molecule has 1 amide bonds. The molecule has 0 unspecified atom stereocenters. The van der Waals surface area contributed by atoms with Crippen LogP contribution < -0.4 is 4.90 Å². The van der Waals surface area contributed by atoms with Gasteiger partial charge in [-0.05, 0) is 39.7 Å². The van der Waals surface area contributed by atoms with Crippen molar-refractivity contribution >= 4 is 29.1 Å². The van der Waals surface area contributed by atoms with E-state index in [1.807, 2.05) is 0 Å². The molecule has 0 aliphatic heterocycles. The molecule has 0 spiro atoms. The van der Waals surface area contributed by atoms with Crippen LogP contribution in [0.2, 0.25) is 5.02 Å². The second-order valence-corrected chi connectivity index (χ2v) is 6.38. The van der Waals surface area contributed by atoms with Crippen molar-refractivity contribution in [3.8, 4) is 0 Å². The Labute approximate surface area is 127 Å². The van der Waals surface area contributed by atoms with E-state index in [4.69, 9.17) is 16.3 Å². The number of non-ortho nitro benzene ring substituents is 1. The van der Waals surface area contributed by atoms with E-state index in [0.717, 1.165) is 12.8 Å². The highest BCUT2D eigenvalue weighted by Gasteiger charge is 2.37. The Morgan fingerprint density at radius 3 is 2.48 bits per heavy atom. The van der Waals surface area contributed by atoms with E-state index in [1.54, 1.807) is 20.8 Å². The topological polar surface area (TPSA) is 72.7 Å². The van der Waals surface area contributed by atoms with Crippen LogP contribution in [0.3, 0.4) is 0 Å². The third-order valence-corrected chi connectivity index (χ3v) is 3.21. The molecule has 0 bridgehead atoms. The minimum absolute atomic E-state index is 0.0406. The van der Waals surface area contributed by atoms with Gasteiger partial charge in [0.2, 0.25) is 0 Å². The molecule has 6 nitrogen and oxygen atoms in total. The van der Waals surface area contributed by atoms with Gasteiger partial charge >= 0.3 is 6.09 Å². The average molecular weight is 313 g/mol. The van der Waals surface area contributed by atoms with Crippen molar-refractivity contribution in [1.29, 1.82) is 0 Å². The number of rotatable bonds is 3. The van der Waals surface area contributed by atoms with Crippen molar-refractivity contribution in [3.05, 3.63) is 33.3 Å². The normalized spacial score (nSPS) is 14.7. The number of hydrogen-bond donors (Lipinski definition) is 0. The van der Waals surface area contributed by atoms with Gasteiger partial charge in [0.1, 0.15) is 5.60 Å². The largest absolute Gasteiger partial charge is 0.443 e. The Hall–Kier alpha value is -1.82. The summed E-state index contributed by atoms with van der Waals surface area (Å²) in [6, 6.07) is 4.11. The second kappa shape index (κ2) is 5.52. The molecule has 0 radical (unpaired) electrons. The number of halogens is 1. The molecule has 0 heterocycles. The molecule has 0 aromatic heterocycles. The van der Waals surface area contributed by atoms with Crippen LogP contribution in [0, 0.1) is 10.1 Å². The van der Waals surface area contributed by atoms with Crippen LogP contribution in [0.5, 0.6) is 0 Å².